The lowest BCUT2D eigenvalue weighted by molar-refractivity contribution is 0.0932. The Morgan fingerprint density at radius 1 is 1.33 bits per heavy atom. The number of nitrogens with zero attached hydrogens (tertiary/aromatic N) is 1. The molecule has 0 aromatic carbocycles. The predicted octanol–water partition coefficient (Wildman–Crippen LogP) is 2.63. The number of aromatic nitrogens is 1. The third-order valence-electron chi connectivity index (χ3n) is 5.10. The van der Waals surface area contributed by atoms with Crippen molar-refractivity contribution in [2.24, 2.45) is 5.73 Å². The molecule has 3 nitrogen and oxygen atoms in total. The first-order chi connectivity index (χ1) is 8.74. The highest BCUT2D eigenvalue weighted by molar-refractivity contribution is 5.33. The van der Waals surface area contributed by atoms with Crippen molar-refractivity contribution in [3.05, 3.63) is 23.0 Å². The van der Waals surface area contributed by atoms with E-state index in [0.29, 0.717) is 18.2 Å². The van der Waals surface area contributed by atoms with Gasteiger partial charge in [-0.1, -0.05) is 0 Å². The maximum Gasteiger partial charge on any atom is 0.0787 e. The van der Waals surface area contributed by atoms with Crippen LogP contribution in [-0.4, -0.2) is 16.8 Å². The molecular formula is C15H22N2O. The summed E-state index contributed by atoms with van der Waals surface area (Å²) in [7, 11) is 0. The number of fused-ring (bicyclic) bond motifs is 3. The Bertz CT molecular complexity index is 479. The molecule has 0 amide bonds. The third-order valence-corrected chi connectivity index (χ3v) is 5.10. The summed E-state index contributed by atoms with van der Waals surface area (Å²) in [5.41, 5.74) is 10.6. The van der Waals surface area contributed by atoms with Crippen molar-refractivity contribution in [1.82, 2.24) is 4.57 Å². The van der Waals surface area contributed by atoms with E-state index in [1.165, 1.54) is 49.1 Å². The number of aryl methyl sites for hydroxylation is 1. The van der Waals surface area contributed by atoms with E-state index in [1.54, 1.807) is 0 Å². The zero-order valence-electron chi connectivity index (χ0n) is 11.1. The molecule has 2 bridgehead atoms. The van der Waals surface area contributed by atoms with Gasteiger partial charge in [0.25, 0.3) is 0 Å². The van der Waals surface area contributed by atoms with Gasteiger partial charge in [0.1, 0.15) is 0 Å². The summed E-state index contributed by atoms with van der Waals surface area (Å²) in [4.78, 5) is 0. The molecule has 1 aliphatic carbocycles. The molecule has 3 aliphatic rings. The largest absolute Gasteiger partial charge is 0.373 e. The van der Waals surface area contributed by atoms with Crippen LogP contribution in [0.1, 0.15) is 61.1 Å². The average molecular weight is 246 g/mol. The molecule has 2 saturated heterocycles. The molecule has 4 atom stereocenters. The average Bonchev–Trinajstić information content (AvgIpc) is 3.02. The molecular weight excluding hydrogens is 224 g/mol. The SMILES string of the molecule is Cc1cc2c(n1C1CC3CCC1O3)CCCC2N. The minimum atomic E-state index is 0.258. The van der Waals surface area contributed by atoms with Crippen molar-refractivity contribution >= 4 is 0 Å². The summed E-state index contributed by atoms with van der Waals surface area (Å²) in [5.74, 6) is 0. The van der Waals surface area contributed by atoms with Crippen LogP contribution < -0.4 is 5.73 Å². The highest BCUT2D eigenvalue weighted by Gasteiger charge is 2.43. The van der Waals surface area contributed by atoms with Gasteiger partial charge < -0.3 is 15.0 Å². The fraction of sp³-hybridized carbons (Fsp3) is 0.733. The second-order valence-electron chi connectivity index (χ2n) is 6.23. The van der Waals surface area contributed by atoms with E-state index in [-0.39, 0.29) is 6.04 Å². The van der Waals surface area contributed by atoms with Crippen LogP contribution in [0.25, 0.3) is 0 Å². The van der Waals surface area contributed by atoms with Gasteiger partial charge in [-0.25, -0.2) is 0 Å². The van der Waals surface area contributed by atoms with Gasteiger partial charge in [-0.05, 0) is 57.1 Å². The van der Waals surface area contributed by atoms with Crippen LogP contribution in [0.2, 0.25) is 0 Å². The standard InChI is InChI=1S/C15H22N2O/c1-9-7-11-12(16)3-2-4-13(11)17(9)14-8-10-5-6-15(14)18-10/h7,10,12,14-15H,2-6,8,16H2,1H3. The van der Waals surface area contributed by atoms with Gasteiger partial charge >= 0.3 is 0 Å². The molecule has 1 aromatic heterocycles. The number of hydrogen-bond donors (Lipinski definition) is 1. The Morgan fingerprint density at radius 2 is 2.22 bits per heavy atom. The molecule has 3 heteroatoms. The Kier molecular flexibility index (Phi) is 2.36. The molecule has 0 spiro atoms. The Balaban J connectivity index is 1.76. The molecule has 4 rings (SSSR count). The summed E-state index contributed by atoms with van der Waals surface area (Å²) >= 11 is 0. The van der Waals surface area contributed by atoms with Crippen LogP contribution in [0.3, 0.4) is 0 Å². The topological polar surface area (TPSA) is 40.2 Å². The fourth-order valence-corrected chi connectivity index (χ4v) is 4.31. The molecule has 1 aromatic rings. The first kappa shape index (κ1) is 11.1. The predicted molar refractivity (Wildman–Crippen MR) is 70.6 cm³/mol. The van der Waals surface area contributed by atoms with Crippen molar-refractivity contribution in [1.29, 1.82) is 0 Å². The Morgan fingerprint density at radius 3 is 2.94 bits per heavy atom. The van der Waals surface area contributed by atoms with E-state index in [4.69, 9.17) is 10.5 Å². The van der Waals surface area contributed by atoms with Crippen LogP contribution >= 0.6 is 0 Å². The van der Waals surface area contributed by atoms with Gasteiger partial charge in [-0.15, -0.1) is 0 Å². The van der Waals surface area contributed by atoms with Crippen molar-refractivity contribution in [2.75, 3.05) is 0 Å². The zero-order valence-corrected chi connectivity index (χ0v) is 11.1. The lowest BCUT2D eigenvalue weighted by Gasteiger charge is -2.27. The van der Waals surface area contributed by atoms with Crippen LogP contribution in [0.15, 0.2) is 6.07 Å². The van der Waals surface area contributed by atoms with Crippen molar-refractivity contribution in [3.63, 3.8) is 0 Å². The second kappa shape index (κ2) is 3.84. The highest BCUT2D eigenvalue weighted by atomic mass is 16.5. The summed E-state index contributed by atoms with van der Waals surface area (Å²) in [5, 5.41) is 0. The lowest BCUT2D eigenvalue weighted by atomic mass is 9.91. The van der Waals surface area contributed by atoms with E-state index >= 15 is 0 Å². The minimum absolute atomic E-state index is 0.258. The summed E-state index contributed by atoms with van der Waals surface area (Å²) in [6.07, 6.45) is 8.28. The van der Waals surface area contributed by atoms with Crippen LogP contribution in [0, 0.1) is 6.92 Å². The second-order valence-corrected chi connectivity index (χ2v) is 6.23. The number of nitrogens with two attached hydrogens (primary N) is 1. The molecule has 98 valence electrons. The van der Waals surface area contributed by atoms with Gasteiger partial charge in [0.2, 0.25) is 0 Å². The van der Waals surface area contributed by atoms with Crippen molar-refractivity contribution in [2.45, 2.75) is 69.7 Å². The number of rotatable bonds is 1. The normalized spacial score (nSPS) is 38.1. The minimum Gasteiger partial charge on any atom is -0.373 e. The number of ether oxygens (including phenoxy) is 1. The zero-order chi connectivity index (χ0) is 12.3. The lowest BCUT2D eigenvalue weighted by Crippen LogP contribution is -2.25. The molecule has 0 saturated carbocycles. The molecule has 4 unspecified atom stereocenters. The first-order valence-electron chi connectivity index (χ1n) is 7.35. The molecule has 3 heterocycles. The molecule has 2 N–H and O–H groups in total. The smallest absolute Gasteiger partial charge is 0.0787 e. The van der Waals surface area contributed by atoms with Gasteiger partial charge in [0.05, 0.1) is 18.2 Å². The van der Waals surface area contributed by atoms with Gasteiger partial charge in [0.15, 0.2) is 0 Å². The molecule has 2 fully saturated rings. The van der Waals surface area contributed by atoms with Crippen molar-refractivity contribution in [3.8, 4) is 0 Å². The van der Waals surface area contributed by atoms with E-state index in [0.717, 1.165) is 6.42 Å². The van der Waals surface area contributed by atoms with Gasteiger partial charge in [-0.3, -0.25) is 0 Å². The maximum absolute atomic E-state index is 6.26. The van der Waals surface area contributed by atoms with Crippen LogP contribution in [0.5, 0.6) is 0 Å². The quantitative estimate of drug-likeness (QED) is 0.827. The maximum atomic E-state index is 6.26. The van der Waals surface area contributed by atoms with E-state index < -0.39 is 0 Å². The van der Waals surface area contributed by atoms with E-state index in [9.17, 15) is 0 Å². The van der Waals surface area contributed by atoms with Gasteiger partial charge in [-0.2, -0.15) is 0 Å². The highest BCUT2D eigenvalue weighted by Crippen LogP contribution is 2.44. The van der Waals surface area contributed by atoms with E-state index in [2.05, 4.69) is 17.6 Å². The molecule has 18 heavy (non-hydrogen) atoms. The monoisotopic (exact) mass is 246 g/mol. The van der Waals surface area contributed by atoms with E-state index in [1.807, 2.05) is 0 Å². The van der Waals surface area contributed by atoms with Gasteiger partial charge in [0, 0.05) is 17.4 Å². The summed E-state index contributed by atoms with van der Waals surface area (Å²) in [6.45, 7) is 2.23. The Hall–Kier alpha value is -0.800. The van der Waals surface area contributed by atoms with Crippen LogP contribution in [-0.2, 0) is 11.2 Å². The fourth-order valence-electron chi connectivity index (χ4n) is 4.31. The van der Waals surface area contributed by atoms with Crippen molar-refractivity contribution < 1.29 is 4.74 Å². The summed E-state index contributed by atoms with van der Waals surface area (Å²) in [6, 6.07) is 3.16. The molecule has 0 radical (unpaired) electrons. The first-order valence-corrected chi connectivity index (χ1v) is 7.35. The Labute approximate surface area is 108 Å². The summed E-state index contributed by atoms with van der Waals surface area (Å²) < 4.78 is 8.60. The van der Waals surface area contributed by atoms with Crippen LogP contribution in [0.4, 0.5) is 0 Å². The third kappa shape index (κ3) is 1.44. The molecule has 2 aliphatic heterocycles. The number of hydrogen-bond acceptors (Lipinski definition) is 2.